The van der Waals surface area contributed by atoms with Crippen molar-refractivity contribution in [3.8, 4) is 11.1 Å². The number of likely N-dealkylation sites (N-methyl/N-ethyl adjacent to an activating group) is 1. The van der Waals surface area contributed by atoms with Crippen LogP contribution in [0.3, 0.4) is 0 Å². The van der Waals surface area contributed by atoms with Gasteiger partial charge in [-0.05, 0) is 35.0 Å². The summed E-state index contributed by atoms with van der Waals surface area (Å²) >= 11 is 5.05. The number of amides is 1. The molecule has 0 aromatic heterocycles. The number of nitrogens with zero attached hydrogens (tertiary/aromatic N) is 1. The molecule has 1 heterocycles. The Bertz CT molecular complexity index is 720. The predicted molar refractivity (Wildman–Crippen MR) is 88.4 cm³/mol. The molecule has 0 unspecified atom stereocenters. The minimum absolute atomic E-state index is 0.105. The van der Waals surface area contributed by atoms with E-state index in [4.69, 9.17) is 12.2 Å². The van der Waals surface area contributed by atoms with E-state index in [2.05, 4.69) is 17.4 Å². The lowest BCUT2D eigenvalue weighted by molar-refractivity contribution is -0.121. The first-order chi connectivity index (χ1) is 10.1. The Morgan fingerprint density at radius 1 is 1.00 bits per heavy atom. The molecular formula is C17H14N2OS. The van der Waals surface area contributed by atoms with Gasteiger partial charge in [0, 0.05) is 7.05 Å². The molecule has 0 saturated carbocycles. The summed E-state index contributed by atoms with van der Waals surface area (Å²) in [4.78, 5) is 13.3. The molecule has 1 fully saturated rings. The fourth-order valence-corrected chi connectivity index (χ4v) is 2.39. The van der Waals surface area contributed by atoms with Crippen molar-refractivity contribution in [2.75, 3.05) is 7.05 Å². The number of hydrogen-bond acceptors (Lipinski definition) is 2. The molecule has 2 aromatic carbocycles. The van der Waals surface area contributed by atoms with Crippen molar-refractivity contribution >= 4 is 29.3 Å². The zero-order chi connectivity index (χ0) is 14.8. The van der Waals surface area contributed by atoms with Gasteiger partial charge in [0.1, 0.15) is 5.70 Å². The van der Waals surface area contributed by atoms with E-state index in [0.29, 0.717) is 10.8 Å². The van der Waals surface area contributed by atoms with Crippen LogP contribution >= 0.6 is 12.2 Å². The van der Waals surface area contributed by atoms with E-state index in [9.17, 15) is 4.79 Å². The monoisotopic (exact) mass is 294 g/mol. The Hall–Kier alpha value is -2.46. The number of thiocarbonyl (C=S) groups is 1. The van der Waals surface area contributed by atoms with Gasteiger partial charge in [-0.25, -0.2) is 0 Å². The molecule has 3 nitrogen and oxygen atoms in total. The van der Waals surface area contributed by atoms with Crippen LogP contribution in [-0.4, -0.2) is 23.0 Å². The fraction of sp³-hybridized carbons (Fsp3) is 0.0588. The van der Waals surface area contributed by atoms with Gasteiger partial charge in [0.15, 0.2) is 5.11 Å². The summed E-state index contributed by atoms with van der Waals surface area (Å²) in [5.41, 5.74) is 3.79. The second-order valence-electron chi connectivity index (χ2n) is 4.84. The molecule has 1 aliphatic heterocycles. The van der Waals surface area contributed by atoms with Crippen molar-refractivity contribution in [1.82, 2.24) is 10.2 Å². The minimum atomic E-state index is -0.105. The molecule has 4 heteroatoms. The number of rotatable bonds is 2. The summed E-state index contributed by atoms with van der Waals surface area (Å²) in [5, 5.41) is 3.35. The van der Waals surface area contributed by atoms with Crippen molar-refractivity contribution in [1.29, 1.82) is 0 Å². The number of benzene rings is 2. The Kier molecular flexibility index (Phi) is 3.54. The molecule has 0 radical (unpaired) electrons. The van der Waals surface area contributed by atoms with Gasteiger partial charge in [-0.3, -0.25) is 9.69 Å². The first-order valence-corrected chi connectivity index (χ1v) is 7.02. The molecule has 21 heavy (non-hydrogen) atoms. The number of hydrogen-bond donors (Lipinski definition) is 1. The molecule has 1 aliphatic rings. The molecular weight excluding hydrogens is 280 g/mol. The Labute approximate surface area is 128 Å². The zero-order valence-electron chi connectivity index (χ0n) is 11.5. The van der Waals surface area contributed by atoms with Gasteiger partial charge in [0.05, 0.1) is 0 Å². The highest BCUT2D eigenvalue weighted by atomic mass is 32.1. The molecule has 1 saturated heterocycles. The van der Waals surface area contributed by atoms with E-state index in [1.54, 1.807) is 7.05 Å². The van der Waals surface area contributed by atoms with Crippen LogP contribution in [0.2, 0.25) is 0 Å². The van der Waals surface area contributed by atoms with E-state index in [-0.39, 0.29) is 5.91 Å². The lowest BCUT2D eigenvalue weighted by atomic mass is 10.0. The molecule has 0 bridgehead atoms. The molecule has 0 spiro atoms. The molecule has 104 valence electrons. The second-order valence-corrected chi connectivity index (χ2v) is 5.23. The van der Waals surface area contributed by atoms with Crippen molar-refractivity contribution < 1.29 is 4.79 Å². The van der Waals surface area contributed by atoms with Gasteiger partial charge >= 0.3 is 0 Å². The third-order valence-corrected chi connectivity index (χ3v) is 3.79. The van der Waals surface area contributed by atoms with Crippen LogP contribution in [0.1, 0.15) is 5.56 Å². The van der Waals surface area contributed by atoms with Crippen molar-refractivity contribution in [3.05, 3.63) is 65.9 Å². The van der Waals surface area contributed by atoms with Crippen molar-refractivity contribution in [2.24, 2.45) is 0 Å². The summed E-state index contributed by atoms with van der Waals surface area (Å²) < 4.78 is 0. The molecule has 1 N–H and O–H groups in total. The Morgan fingerprint density at radius 2 is 1.62 bits per heavy atom. The maximum Gasteiger partial charge on any atom is 0.276 e. The molecule has 2 aromatic rings. The third-order valence-electron chi connectivity index (χ3n) is 3.41. The Morgan fingerprint density at radius 3 is 2.19 bits per heavy atom. The van der Waals surface area contributed by atoms with Crippen LogP contribution < -0.4 is 5.32 Å². The number of carbonyl (C=O) groups excluding carboxylic acids is 1. The van der Waals surface area contributed by atoms with E-state index < -0.39 is 0 Å². The number of nitrogens with one attached hydrogen (secondary N) is 1. The molecule has 0 aliphatic carbocycles. The van der Waals surface area contributed by atoms with Crippen LogP contribution in [0.5, 0.6) is 0 Å². The highest BCUT2D eigenvalue weighted by Crippen LogP contribution is 2.20. The lowest BCUT2D eigenvalue weighted by Crippen LogP contribution is -2.25. The van der Waals surface area contributed by atoms with Gasteiger partial charge in [0.2, 0.25) is 0 Å². The topological polar surface area (TPSA) is 32.3 Å². The first-order valence-electron chi connectivity index (χ1n) is 6.61. The van der Waals surface area contributed by atoms with Crippen molar-refractivity contribution in [3.63, 3.8) is 0 Å². The summed E-state index contributed by atoms with van der Waals surface area (Å²) in [5.74, 6) is -0.105. The molecule has 3 rings (SSSR count). The summed E-state index contributed by atoms with van der Waals surface area (Å²) in [6.45, 7) is 0. The smallest absolute Gasteiger partial charge is 0.276 e. The zero-order valence-corrected chi connectivity index (χ0v) is 12.4. The maximum absolute atomic E-state index is 11.9. The van der Waals surface area contributed by atoms with Crippen LogP contribution in [-0.2, 0) is 4.79 Å². The minimum Gasteiger partial charge on any atom is -0.328 e. The quantitative estimate of drug-likeness (QED) is 0.682. The van der Waals surface area contributed by atoms with E-state index >= 15 is 0 Å². The average Bonchev–Trinajstić information content (AvgIpc) is 2.76. The van der Waals surface area contributed by atoms with Crippen LogP contribution in [0.25, 0.3) is 17.2 Å². The standard InChI is InChI=1S/C17H14N2OS/c1-19-16(20)15(18-17(19)21)11-12-7-9-14(10-8-12)13-5-3-2-4-6-13/h2-11H,1H3,(H,18,21)/b15-11-. The van der Waals surface area contributed by atoms with Gasteiger partial charge in [-0.1, -0.05) is 54.6 Å². The van der Waals surface area contributed by atoms with Gasteiger partial charge in [-0.2, -0.15) is 0 Å². The van der Waals surface area contributed by atoms with E-state index in [1.807, 2.05) is 48.5 Å². The average molecular weight is 294 g/mol. The largest absolute Gasteiger partial charge is 0.328 e. The first kappa shape index (κ1) is 13.5. The summed E-state index contributed by atoms with van der Waals surface area (Å²) in [6.07, 6.45) is 1.81. The molecule has 1 amide bonds. The predicted octanol–water partition coefficient (Wildman–Crippen LogP) is 3.04. The van der Waals surface area contributed by atoms with Crippen LogP contribution in [0, 0.1) is 0 Å². The highest BCUT2D eigenvalue weighted by molar-refractivity contribution is 7.80. The van der Waals surface area contributed by atoms with Crippen molar-refractivity contribution in [2.45, 2.75) is 0 Å². The summed E-state index contributed by atoms with van der Waals surface area (Å²) in [7, 11) is 1.66. The third kappa shape index (κ3) is 2.71. The van der Waals surface area contributed by atoms with E-state index in [0.717, 1.165) is 11.1 Å². The summed E-state index contributed by atoms with van der Waals surface area (Å²) in [6, 6.07) is 18.3. The SMILES string of the molecule is CN1C(=O)/C(=C/c2ccc(-c3ccccc3)cc2)NC1=S. The Balaban J connectivity index is 1.86. The fourth-order valence-electron chi connectivity index (χ4n) is 2.19. The normalized spacial score (nSPS) is 16.4. The van der Waals surface area contributed by atoms with Crippen LogP contribution in [0.15, 0.2) is 60.3 Å². The van der Waals surface area contributed by atoms with Gasteiger partial charge in [0.25, 0.3) is 5.91 Å². The van der Waals surface area contributed by atoms with E-state index in [1.165, 1.54) is 10.5 Å². The van der Waals surface area contributed by atoms with Crippen LogP contribution in [0.4, 0.5) is 0 Å². The van der Waals surface area contributed by atoms with Gasteiger partial charge < -0.3 is 5.32 Å². The molecule has 0 atom stereocenters. The van der Waals surface area contributed by atoms with Gasteiger partial charge in [-0.15, -0.1) is 0 Å². The maximum atomic E-state index is 11.9. The highest BCUT2D eigenvalue weighted by Gasteiger charge is 2.26. The lowest BCUT2D eigenvalue weighted by Gasteiger charge is -2.03. The number of carbonyl (C=O) groups is 1. The second kappa shape index (κ2) is 5.50.